The lowest BCUT2D eigenvalue weighted by molar-refractivity contribution is -0.167. The van der Waals surface area contributed by atoms with Gasteiger partial charge in [0.25, 0.3) is 0 Å². The van der Waals surface area contributed by atoms with Crippen LogP contribution in [0.15, 0.2) is 85.1 Å². The molecule has 0 aromatic rings. The molecule has 0 rings (SSSR count). The Balaban J connectivity index is 4.19. The third kappa shape index (κ3) is 65.3. The second kappa shape index (κ2) is 67.1. The van der Waals surface area contributed by atoms with Crippen LogP contribution < -0.4 is 0 Å². The summed E-state index contributed by atoms with van der Waals surface area (Å²) in [7, 11) is 0. The summed E-state index contributed by atoms with van der Waals surface area (Å²) in [6, 6.07) is 0. The van der Waals surface area contributed by atoms with E-state index in [1.54, 1.807) is 0 Å². The first-order chi connectivity index (χ1) is 39.0. The molecule has 0 N–H and O–H groups in total. The van der Waals surface area contributed by atoms with Crippen molar-refractivity contribution in [3.05, 3.63) is 85.1 Å². The van der Waals surface area contributed by atoms with Gasteiger partial charge in [0, 0.05) is 19.3 Å². The fourth-order valence-electron chi connectivity index (χ4n) is 9.76. The van der Waals surface area contributed by atoms with E-state index >= 15 is 0 Å². The van der Waals surface area contributed by atoms with Crippen LogP contribution in [-0.4, -0.2) is 37.2 Å². The molecule has 6 heteroatoms. The van der Waals surface area contributed by atoms with E-state index in [0.717, 1.165) is 103 Å². The number of hydrogen-bond acceptors (Lipinski definition) is 6. The second-order valence-corrected chi connectivity index (χ2v) is 22.7. The Hall–Kier alpha value is -3.41. The molecule has 0 heterocycles. The quantitative estimate of drug-likeness (QED) is 0.0261. The van der Waals surface area contributed by atoms with Crippen molar-refractivity contribution in [3.63, 3.8) is 0 Å². The first-order valence-electron chi connectivity index (χ1n) is 34.1. The van der Waals surface area contributed by atoms with Gasteiger partial charge in [0.1, 0.15) is 13.2 Å². The molecule has 0 radical (unpaired) electrons. The van der Waals surface area contributed by atoms with Gasteiger partial charge in [0.15, 0.2) is 6.10 Å². The predicted octanol–water partition coefficient (Wildman–Crippen LogP) is 23.4. The number of ether oxygens (including phenoxy) is 3. The molecule has 0 aromatic carbocycles. The van der Waals surface area contributed by atoms with Crippen LogP contribution in [0.2, 0.25) is 0 Å². The van der Waals surface area contributed by atoms with Crippen molar-refractivity contribution in [1.29, 1.82) is 0 Å². The standard InChI is InChI=1S/C73H128O6/c1-4-7-10-13-16-19-22-25-27-29-30-31-32-33-34-35-36-37-38-39-40-41-42-44-45-48-51-54-57-60-63-66-72(75)78-69-70(68-77-71(74)65-62-59-56-53-50-47-24-21-18-15-12-9-6-3)79-73(76)67-64-61-58-55-52-49-46-43-28-26-23-20-17-14-11-8-5-2/h9,12,17-18,20-22,25-26,28-30,47,50,70H,4-8,10-11,13-16,19,23-24,27,31-46,48-49,51-69H2,1-3H3/b12-9-,20-17-,21-18-,25-22-,28-26-,30-29-,50-47-. The van der Waals surface area contributed by atoms with Gasteiger partial charge >= 0.3 is 17.9 Å². The van der Waals surface area contributed by atoms with E-state index in [1.165, 1.54) is 199 Å². The van der Waals surface area contributed by atoms with Crippen molar-refractivity contribution in [2.24, 2.45) is 0 Å². The maximum Gasteiger partial charge on any atom is 0.306 e. The van der Waals surface area contributed by atoms with Crippen LogP contribution in [0, 0.1) is 0 Å². The first-order valence-corrected chi connectivity index (χ1v) is 34.1. The number of unbranched alkanes of at least 4 members (excludes halogenated alkanes) is 37. The number of carbonyl (C=O) groups is 3. The Morgan fingerprint density at radius 1 is 0.266 bits per heavy atom. The monoisotopic (exact) mass is 1100 g/mol. The van der Waals surface area contributed by atoms with Gasteiger partial charge in [-0.1, -0.05) is 292 Å². The lowest BCUT2D eigenvalue weighted by atomic mass is 10.0. The minimum absolute atomic E-state index is 0.0867. The number of carbonyl (C=O) groups excluding carboxylic acids is 3. The SMILES string of the molecule is CC/C=C\C/C=C\C/C=C\CCCCCC(=O)OCC(COC(=O)CCCCCCCCCCCCCCCCCCCCC/C=C\C/C=C\CCCCCCC)OC(=O)CCCCCCCCC/C=C\C/C=C\CCCCC. The van der Waals surface area contributed by atoms with E-state index in [0.29, 0.717) is 19.3 Å². The predicted molar refractivity (Wildman–Crippen MR) is 344 cm³/mol. The van der Waals surface area contributed by atoms with Gasteiger partial charge in [-0.2, -0.15) is 0 Å². The maximum absolute atomic E-state index is 12.9. The Bertz CT molecular complexity index is 1500. The Kier molecular flexibility index (Phi) is 64.2. The van der Waals surface area contributed by atoms with E-state index in [4.69, 9.17) is 14.2 Å². The van der Waals surface area contributed by atoms with Crippen LogP contribution in [0.25, 0.3) is 0 Å². The number of allylic oxidation sites excluding steroid dienone is 14. The highest BCUT2D eigenvalue weighted by Crippen LogP contribution is 2.17. The van der Waals surface area contributed by atoms with E-state index in [2.05, 4.69) is 106 Å². The lowest BCUT2D eigenvalue weighted by Crippen LogP contribution is -2.30. The highest BCUT2D eigenvalue weighted by Gasteiger charge is 2.19. The fraction of sp³-hybridized carbons (Fsp3) is 0.767. The molecule has 0 aromatic heterocycles. The second-order valence-electron chi connectivity index (χ2n) is 22.7. The molecule has 79 heavy (non-hydrogen) atoms. The maximum atomic E-state index is 12.9. The van der Waals surface area contributed by atoms with Crippen LogP contribution in [-0.2, 0) is 28.6 Å². The highest BCUT2D eigenvalue weighted by atomic mass is 16.6. The van der Waals surface area contributed by atoms with Gasteiger partial charge in [-0.3, -0.25) is 14.4 Å². The average molecular weight is 1100 g/mol. The molecule has 0 saturated heterocycles. The van der Waals surface area contributed by atoms with Gasteiger partial charge in [-0.05, 0) is 116 Å². The summed E-state index contributed by atoms with van der Waals surface area (Å²) in [4.78, 5) is 38.3. The van der Waals surface area contributed by atoms with E-state index in [-0.39, 0.29) is 31.1 Å². The summed E-state index contributed by atoms with van der Waals surface area (Å²) in [5.74, 6) is -0.911. The number of esters is 3. The molecule has 0 aliphatic carbocycles. The molecule has 0 aliphatic heterocycles. The Labute approximate surface area is 490 Å². The lowest BCUT2D eigenvalue weighted by Gasteiger charge is -2.18. The molecular formula is C73H128O6. The van der Waals surface area contributed by atoms with Crippen LogP contribution in [0.1, 0.15) is 342 Å². The van der Waals surface area contributed by atoms with Crippen molar-refractivity contribution in [2.75, 3.05) is 13.2 Å². The summed E-state index contributed by atoms with van der Waals surface area (Å²) in [5.41, 5.74) is 0. The minimum Gasteiger partial charge on any atom is -0.462 e. The van der Waals surface area contributed by atoms with Crippen LogP contribution in [0.4, 0.5) is 0 Å². The van der Waals surface area contributed by atoms with Crippen LogP contribution >= 0.6 is 0 Å². The summed E-state index contributed by atoms with van der Waals surface area (Å²) >= 11 is 0. The molecular weight excluding hydrogens is 973 g/mol. The van der Waals surface area contributed by atoms with Gasteiger partial charge in [-0.25, -0.2) is 0 Å². The molecule has 0 saturated carbocycles. The summed E-state index contributed by atoms with van der Waals surface area (Å²) in [6.07, 6.45) is 89.0. The average Bonchev–Trinajstić information content (AvgIpc) is 3.45. The third-order valence-electron chi connectivity index (χ3n) is 14.9. The topological polar surface area (TPSA) is 78.9 Å². The number of hydrogen-bond donors (Lipinski definition) is 0. The van der Waals surface area contributed by atoms with Gasteiger partial charge in [-0.15, -0.1) is 0 Å². The van der Waals surface area contributed by atoms with Crippen molar-refractivity contribution in [1.82, 2.24) is 0 Å². The molecule has 0 aliphatic rings. The summed E-state index contributed by atoms with van der Waals surface area (Å²) < 4.78 is 16.9. The van der Waals surface area contributed by atoms with Crippen molar-refractivity contribution < 1.29 is 28.6 Å². The first kappa shape index (κ1) is 75.6. The number of rotatable bonds is 62. The van der Waals surface area contributed by atoms with Gasteiger partial charge in [0.2, 0.25) is 0 Å². The molecule has 0 amide bonds. The van der Waals surface area contributed by atoms with E-state index < -0.39 is 6.10 Å². The Morgan fingerprint density at radius 3 is 0.810 bits per heavy atom. The van der Waals surface area contributed by atoms with E-state index in [9.17, 15) is 14.4 Å². The zero-order chi connectivity index (χ0) is 57.1. The van der Waals surface area contributed by atoms with Gasteiger partial charge in [0.05, 0.1) is 0 Å². The minimum atomic E-state index is -0.793. The van der Waals surface area contributed by atoms with Crippen molar-refractivity contribution >= 4 is 17.9 Å². The molecule has 456 valence electrons. The summed E-state index contributed by atoms with van der Waals surface area (Å²) in [6.45, 7) is 6.49. The molecule has 0 bridgehead atoms. The zero-order valence-electron chi connectivity index (χ0n) is 52.4. The van der Waals surface area contributed by atoms with Crippen LogP contribution in [0.5, 0.6) is 0 Å². The Morgan fingerprint density at radius 2 is 0.494 bits per heavy atom. The molecule has 0 spiro atoms. The van der Waals surface area contributed by atoms with Gasteiger partial charge < -0.3 is 14.2 Å². The summed E-state index contributed by atoms with van der Waals surface area (Å²) in [5, 5.41) is 0. The van der Waals surface area contributed by atoms with E-state index in [1.807, 2.05) is 0 Å². The van der Waals surface area contributed by atoms with Crippen molar-refractivity contribution in [3.8, 4) is 0 Å². The van der Waals surface area contributed by atoms with Crippen molar-refractivity contribution in [2.45, 2.75) is 348 Å². The zero-order valence-corrected chi connectivity index (χ0v) is 52.4. The third-order valence-corrected chi connectivity index (χ3v) is 14.9. The molecule has 1 unspecified atom stereocenters. The molecule has 6 nitrogen and oxygen atoms in total. The molecule has 0 fully saturated rings. The normalized spacial score (nSPS) is 12.6. The fourth-order valence-corrected chi connectivity index (χ4v) is 9.76. The molecule has 1 atom stereocenters. The largest absolute Gasteiger partial charge is 0.462 e. The smallest absolute Gasteiger partial charge is 0.306 e. The van der Waals surface area contributed by atoms with Crippen LogP contribution in [0.3, 0.4) is 0 Å². The highest BCUT2D eigenvalue weighted by molar-refractivity contribution is 5.71.